The van der Waals surface area contributed by atoms with Gasteiger partial charge in [-0.1, -0.05) is 102 Å². The lowest BCUT2D eigenvalue weighted by molar-refractivity contribution is 0.000292. The molecule has 4 aromatic rings. The van der Waals surface area contributed by atoms with Crippen LogP contribution in [-0.2, 0) is 0 Å². The molecule has 0 radical (unpaired) electrons. The molecule has 9 nitrogen and oxygen atoms in total. The molecule has 0 spiro atoms. The van der Waals surface area contributed by atoms with Crippen molar-refractivity contribution in [1.82, 2.24) is 19.9 Å². The van der Waals surface area contributed by atoms with Crippen LogP contribution in [0.4, 0.5) is 19.0 Å². The lowest BCUT2D eigenvalue weighted by Gasteiger charge is -2.44. The average molecular weight is 976 g/mol. The van der Waals surface area contributed by atoms with Gasteiger partial charge >= 0.3 is 6.01 Å². The molecule has 68 heavy (non-hydrogen) atoms. The van der Waals surface area contributed by atoms with E-state index in [2.05, 4.69) is 99.4 Å². The quantitative estimate of drug-likeness (QED) is 0.0870. The summed E-state index contributed by atoms with van der Waals surface area (Å²) in [6.07, 6.45) is 1.92. The number of halogens is 3. The number of β-amino-alcohol motifs (C(OH)–C–C–N with tert-alkyl or cyclic N) is 1. The summed E-state index contributed by atoms with van der Waals surface area (Å²) in [4.78, 5) is 18.7. The third-order valence-corrected chi connectivity index (χ3v) is 26.1. The molecule has 4 heterocycles. The van der Waals surface area contributed by atoms with E-state index in [1.165, 1.54) is 13.2 Å². The Bertz CT molecular complexity index is 2460. The number of aromatic nitrogens is 3. The number of piperidine rings is 2. The second-order valence-electron chi connectivity index (χ2n) is 22.7. The summed E-state index contributed by atoms with van der Waals surface area (Å²) < 4.78 is 69.1. The van der Waals surface area contributed by atoms with Crippen LogP contribution in [0.1, 0.15) is 122 Å². The molecular formula is C54H80F3N5O4Si2. The number of rotatable bonds is 16. The molecule has 3 atom stereocenters. The van der Waals surface area contributed by atoms with Gasteiger partial charge < -0.3 is 28.8 Å². The zero-order valence-corrected chi connectivity index (χ0v) is 46.4. The Morgan fingerprint density at radius 1 is 0.897 bits per heavy atom. The fourth-order valence-corrected chi connectivity index (χ4v) is 19.2. The Labute approximate surface area is 408 Å². The van der Waals surface area contributed by atoms with Crippen molar-refractivity contribution in [2.24, 2.45) is 29.1 Å². The molecule has 1 N–H and O–H groups in total. The topological polar surface area (TPSA) is 93.1 Å². The molecular weight excluding hydrogens is 896 g/mol. The summed E-state index contributed by atoms with van der Waals surface area (Å²) in [6.45, 7) is 32.4. The number of benzene rings is 2. The SMILES string of the molecule is COc1nc(-c2cc(O[SiH2]C(C(C)C)(C(C)C)C(C)C)cc3ccc(F)c(C#C[Si](C(C)C)(C(C)C)C(C)C)c23)c(F)c2nc(OC[C@]3(C)CN(C)CC[C@@H]3CF)nc(N3CCC[C@@](C)(O)C3)c12. The molecule has 0 amide bonds. The zero-order valence-electron chi connectivity index (χ0n) is 44.0. The van der Waals surface area contributed by atoms with Crippen molar-refractivity contribution in [3.05, 3.63) is 41.5 Å². The van der Waals surface area contributed by atoms with Crippen molar-refractivity contribution in [3.63, 3.8) is 0 Å². The number of aliphatic hydroxyl groups is 1. The van der Waals surface area contributed by atoms with Crippen molar-refractivity contribution >= 4 is 45.3 Å². The van der Waals surface area contributed by atoms with E-state index in [-0.39, 0.29) is 58.2 Å². The standard InChI is InChI=1S/C54H80F3N5O4Si2/c1-32(2)54(33(3)4,34(5)6)67-66-40-26-38-18-19-43(56)41(21-25-68(35(7)8,36(9)10)37(11)12)44(38)42(27-40)47-46(57)48-45(50(58-47)64-16)49(62-23-17-22-53(14,63)30-62)60-51(59-48)65-31-52(13)29-61(15)24-20-39(52)28-55/h18-19,26-27,32-37,39,63H,17,20,22-24,28-31,67H2,1-16H3/t39-,52+,53-/m1/s1. The molecule has 2 aliphatic heterocycles. The second kappa shape index (κ2) is 20.8. The molecule has 2 fully saturated rings. The summed E-state index contributed by atoms with van der Waals surface area (Å²) >= 11 is 0. The van der Waals surface area contributed by atoms with Gasteiger partial charge in [-0.25, -0.2) is 13.8 Å². The molecule has 0 saturated carbocycles. The van der Waals surface area contributed by atoms with Crippen LogP contribution >= 0.6 is 0 Å². The number of methoxy groups -OCH3 is 1. The Morgan fingerprint density at radius 2 is 1.54 bits per heavy atom. The highest BCUT2D eigenvalue weighted by atomic mass is 28.3. The van der Waals surface area contributed by atoms with Gasteiger partial charge in [-0.15, -0.1) is 5.54 Å². The highest BCUT2D eigenvalue weighted by molar-refractivity contribution is 6.90. The first kappa shape index (κ1) is 53.4. The minimum atomic E-state index is -2.37. The van der Waals surface area contributed by atoms with Gasteiger partial charge in [-0.2, -0.15) is 9.97 Å². The highest BCUT2D eigenvalue weighted by Gasteiger charge is 2.44. The second-order valence-corrected chi connectivity index (χ2v) is 30.1. The molecule has 2 aromatic heterocycles. The Kier molecular flexibility index (Phi) is 16.4. The summed E-state index contributed by atoms with van der Waals surface area (Å²) in [5, 5.41) is 12.6. The third-order valence-electron chi connectivity index (χ3n) is 16.4. The zero-order chi connectivity index (χ0) is 50.3. The van der Waals surface area contributed by atoms with Crippen molar-refractivity contribution in [2.75, 3.05) is 58.5 Å². The first-order chi connectivity index (χ1) is 31.9. The number of ether oxygens (including phenoxy) is 2. The smallest absolute Gasteiger partial charge is 0.319 e. The molecule has 374 valence electrons. The van der Waals surface area contributed by atoms with Crippen LogP contribution < -0.4 is 18.8 Å². The predicted molar refractivity (Wildman–Crippen MR) is 278 cm³/mol. The molecule has 2 saturated heterocycles. The maximum atomic E-state index is 18.3. The van der Waals surface area contributed by atoms with Gasteiger partial charge in [0.25, 0.3) is 0 Å². The van der Waals surface area contributed by atoms with Crippen LogP contribution in [0.2, 0.25) is 21.7 Å². The molecule has 0 bridgehead atoms. The van der Waals surface area contributed by atoms with E-state index < -0.39 is 47.2 Å². The van der Waals surface area contributed by atoms with Crippen LogP contribution in [-0.4, -0.2) is 102 Å². The van der Waals surface area contributed by atoms with E-state index in [1.54, 1.807) is 19.1 Å². The fraction of sp³-hybridized carbons (Fsp3) is 0.648. The van der Waals surface area contributed by atoms with Crippen LogP contribution in [0.25, 0.3) is 32.9 Å². The van der Waals surface area contributed by atoms with E-state index in [4.69, 9.17) is 28.9 Å². The van der Waals surface area contributed by atoms with E-state index in [9.17, 15) is 9.50 Å². The van der Waals surface area contributed by atoms with Gasteiger partial charge in [0.05, 0.1) is 31.6 Å². The van der Waals surface area contributed by atoms with Crippen LogP contribution in [0, 0.1) is 52.2 Å². The molecule has 0 unspecified atom stereocenters. The summed E-state index contributed by atoms with van der Waals surface area (Å²) in [6, 6.07) is 6.79. The molecule has 6 rings (SSSR count). The van der Waals surface area contributed by atoms with E-state index in [1.807, 2.05) is 24.9 Å². The number of alkyl halides is 1. The van der Waals surface area contributed by atoms with Gasteiger partial charge in [-0.3, -0.25) is 4.39 Å². The summed E-state index contributed by atoms with van der Waals surface area (Å²) in [5.41, 5.74) is 3.26. The molecule has 2 aliphatic rings. The van der Waals surface area contributed by atoms with Gasteiger partial charge in [0.1, 0.15) is 42.1 Å². The molecule has 0 aliphatic carbocycles. The number of likely N-dealkylation sites (tertiary alicyclic amines) is 1. The van der Waals surface area contributed by atoms with Crippen LogP contribution in [0.15, 0.2) is 24.3 Å². The van der Waals surface area contributed by atoms with E-state index in [0.717, 1.165) is 6.54 Å². The maximum Gasteiger partial charge on any atom is 0.319 e. The minimum absolute atomic E-state index is 0.0557. The van der Waals surface area contributed by atoms with Gasteiger partial charge in [0, 0.05) is 41.0 Å². The van der Waals surface area contributed by atoms with Crippen LogP contribution in [0.3, 0.4) is 0 Å². The number of pyridine rings is 1. The van der Waals surface area contributed by atoms with E-state index >= 15 is 8.78 Å². The largest absolute Gasteiger partial charge is 0.549 e. The molecule has 2 aromatic carbocycles. The highest BCUT2D eigenvalue weighted by Crippen LogP contribution is 2.50. The number of hydrogen-bond acceptors (Lipinski definition) is 9. The normalized spacial score (nSPS) is 21.1. The van der Waals surface area contributed by atoms with Crippen molar-refractivity contribution in [2.45, 2.75) is 143 Å². The Morgan fingerprint density at radius 3 is 2.12 bits per heavy atom. The lowest BCUT2D eigenvalue weighted by atomic mass is 9.73. The average Bonchev–Trinajstić information content (AvgIpc) is 3.25. The molecule has 14 heteroatoms. The summed E-state index contributed by atoms with van der Waals surface area (Å²) in [7, 11) is -0.183. The van der Waals surface area contributed by atoms with Crippen molar-refractivity contribution in [1.29, 1.82) is 0 Å². The maximum absolute atomic E-state index is 18.3. The first-order valence-electron chi connectivity index (χ1n) is 25.1. The van der Waals surface area contributed by atoms with Crippen LogP contribution in [0.5, 0.6) is 17.6 Å². The Hall–Kier alpha value is -3.91. The van der Waals surface area contributed by atoms with Gasteiger partial charge in [0.2, 0.25) is 15.6 Å². The number of hydrogen-bond donors (Lipinski definition) is 1. The monoisotopic (exact) mass is 976 g/mol. The first-order valence-corrected chi connectivity index (χ1v) is 28.6. The predicted octanol–water partition coefficient (Wildman–Crippen LogP) is 11.9. The van der Waals surface area contributed by atoms with Crippen molar-refractivity contribution < 1.29 is 32.2 Å². The minimum Gasteiger partial charge on any atom is -0.549 e. The summed E-state index contributed by atoms with van der Waals surface area (Å²) in [5.74, 6) is 3.83. The Balaban J connectivity index is 1.68. The van der Waals surface area contributed by atoms with Gasteiger partial charge in [-0.05, 0) is 104 Å². The number of anilines is 1. The van der Waals surface area contributed by atoms with Crippen molar-refractivity contribution in [3.8, 4) is 40.4 Å². The number of fused-ring (bicyclic) bond motifs is 2. The fourth-order valence-electron chi connectivity index (χ4n) is 12.4. The number of nitrogens with zero attached hydrogens (tertiary/aromatic N) is 5. The van der Waals surface area contributed by atoms with E-state index in [0.29, 0.717) is 94.6 Å². The lowest BCUT2D eigenvalue weighted by Crippen LogP contribution is -2.49. The third kappa shape index (κ3) is 10.2. The van der Waals surface area contributed by atoms with Gasteiger partial charge in [0.15, 0.2) is 5.82 Å².